The summed E-state index contributed by atoms with van der Waals surface area (Å²) in [6.07, 6.45) is 9.57. The number of ketones is 1. The Balaban J connectivity index is 2.61. The van der Waals surface area contributed by atoms with Crippen LogP contribution in [0.15, 0.2) is 24.3 Å². The Bertz CT molecular complexity index is 591. The van der Waals surface area contributed by atoms with Gasteiger partial charge in [0.05, 0.1) is 11.7 Å². The molecule has 0 amide bonds. The Hall–Kier alpha value is -1.90. The number of aliphatic hydroxyl groups excluding tert-OH is 1. The molecule has 1 saturated carbocycles. The first-order chi connectivity index (χ1) is 12.3. The van der Waals surface area contributed by atoms with Gasteiger partial charge in [0.15, 0.2) is 0 Å². The zero-order valence-corrected chi connectivity index (χ0v) is 15.6. The Labute approximate surface area is 155 Å². The van der Waals surface area contributed by atoms with E-state index in [1.807, 2.05) is 12.2 Å². The molecule has 5 nitrogen and oxygen atoms in total. The van der Waals surface area contributed by atoms with Crippen molar-refractivity contribution in [3.63, 3.8) is 0 Å². The Kier molecular flexibility index (Phi) is 9.32. The number of carbonyl (C=O) groups is 2. The summed E-state index contributed by atoms with van der Waals surface area (Å²) in [5, 5.41) is 29.2. The number of allylic oxidation sites excluding steroid dienone is 2. The van der Waals surface area contributed by atoms with Crippen LogP contribution < -0.4 is 0 Å². The van der Waals surface area contributed by atoms with Gasteiger partial charge >= 0.3 is 5.97 Å². The van der Waals surface area contributed by atoms with Crippen molar-refractivity contribution in [1.29, 1.82) is 0 Å². The summed E-state index contributed by atoms with van der Waals surface area (Å²) < 4.78 is 0. The number of carboxylic acid groups (broad SMARTS) is 1. The van der Waals surface area contributed by atoms with Crippen molar-refractivity contribution < 1.29 is 24.9 Å². The van der Waals surface area contributed by atoms with Gasteiger partial charge in [-0.25, -0.2) is 0 Å². The normalized spacial score (nSPS) is 25.4. The number of aliphatic carboxylic acids is 1. The van der Waals surface area contributed by atoms with Gasteiger partial charge in [-0.1, -0.05) is 24.3 Å². The quantitative estimate of drug-likeness (QED) is 0.316. The molecule has 0 bridgehead atoms. The molecule has 1 aliphatic rings. The number of carbonyl (C=O) groups excluding carboxylic acids is 1. The minimum Gasteiger partial charge on any atom is -0.481 e. The van der Waals surface area contributed by atoms with Gasteiger partial charge in [0.25, 0.3) is 0 Å². The average Bonchev–Trinajstić information content (AvgIpc) is 2.82. The van der Waals surface area contributed by atoms with E-state index in [0.717, 1.165) is 0 Å². The first-order valence-electron chi connectivity index (χ1n) is 9.15. The van der Waals surface area contributed by atoms with Crippen LogP contribution >= 0.6 is 0 Å². The van der Waals surface area contributed by atoms with Crippen LogP contribution in [0.3, 0.4) is 0 Å². The Morgan fingerprint density at radius 1 is 1.38 bits per heavy atom. The van der Waals surface area contributed by atoms with E-state index < -0.39 is 17.7 Å². The molecule has 1 aliphatic carbocycles. The highest BCUT2D eigenvalue weighted by atomic mass is 16.4. The van der Waals surface area contributed by atoms with Crippen LogP contribution in [0, 0.1) is 23.7 Å². The van der Waals surface area contributed by atoms with Crippen LogP contribution in [0.5, 0.6) is 0 Å². The molecule has 144 valence electrons. The molecule has 0 aromatic carbocycles. The van der Waals surface area contributed by atoms with E-state index in [4.69, 9.17) is 5.11 Å². The van der Waals surface area contributed by atoms with Crippen LogP contribution in [-0.4, -0.2) is 38.8 Å². The molecule has 0 saturated heterocycles. The van der Waals surface area contributed by atoms with E-state index in [0.29, 0.717) is 32.1 Å². The highest BCUT2D eigenvalue weighted by Crippen LogP contribution is 2.34. The summed E-state index contributed by atoms with van der Waals surface area (Å²) >= 11 is 0. The second-order valence-electron chi connectivity index (χ2n) is 7.06. The fraction of sp³-hybridized carbons (Fsp3) is 0.619. The predicted octanol–water partition coefficient (Wildman–Crippen LogP) is 2.86. The standard InChI is InChI=1S/C21H30O5/c1-3-4-9-13-21(2,26)14-12-17-16(18(22)15-19(17)23)10-7-5-6-8-11-20(24)25/h5,7,12,14,16-17,19,23,26H,6,8-11,13,15H2,1-2H3,(H,24,25)/b7-5-,14-12+/t16-,17-,19-,21?/m1/s1. The van der Waals surface area contributed by atoms with E-state index in [1.165, 1.54) is 0 Å². The first kappa shape index (κ1) is 22.1. The minimum absolute atomic E-state index is 0.0267. The number of Topliss-reactive ketones (excluding diaryl/α,β-unsaturated/α-hetero) is 1. The molecule has 26 heavy (non-hydrogen) atoms. The third kappa shape index (κ3) is 7.99. The highest BCUT2D eigenvalue weighted by Gasteiger charge is 2.39. The fourth-order valence-electron chi connectivity index (χ4n) is 3.10. The molecule has 3 N–H and O–H groups in total. The van der Waals surface area contributed by atoms with E-state index in [2.05, 4.69) is 11.8 Å². The molecule has 0 aliphatic heterocycles. The monoisotopic (exact) mass is 362 g/mol. The van der Waals surface area contributed by atoms with Gasteiger partial charge in [-0.15, -0.1) is 11.8 Å². The SMILES string of the molecule is CC#CCCC(C)(O)/C=C/[C@H]1[C@H](O)CC(=O)[C@@H]1C/C=C\CCCC(=O)O. The maximum Gasteiger partial charge on any atom is 0.303 e. The van der Waals surface area contributed by atoms with Crippen molar-refractivity contribution in [1.82, 2.24) is 0 Å². The predicted molar refractivity (Wildman–Crippen MR) is 100 cm³/mol. The zero-order chi connectivity index (χ0) is 19.6. The summed E-state index contributed by atoms with van der Waals surface area (Å²) in [4.78, 5) is 22.6. The zero-order valence-electron chi connectivity index (χ0n) is 15.6. The average molecular weight is 362 g/mol. The molecule has 1 fully saturated rings. The molecular formula is C21H30O5. The summed E-state index contributed by atoms with van der Waals surface area (Å²) in [5.74, 6) is 4.31. The Morgan fingerprint density at radius 2 is 2.12 bits per heavy atom. The molecule has 0 radical (unpaired) electrons. The maximum absolute atomic E-state index is 12.2. The molecule has 0 aromatic rings. The molecule has 0 aromatic heterocycles. The first-order valence-corrected chi connectivity index (χ1v) is 9.15. The molecule has 0 spiro atoms. The van der Waals surface area contributed by atoms with Crippen LogP contribution in [-0.2, 0) is 9.59 Å². The number of unbranched alkanes of at least 4 members (excludes halogenated alkanes) is 1. The molecule has 1 rings (SSSR count). The topological polar surface area (TPSA) is 94.8 Å². The summed E-state index contributed by atoms with van der Waals surface area (Å²) in [5.41, 5.74) is -1.02. The van der Waals surface area contributed by atoms with Gasteiger partial charge in [0, 0.05) is 31.1 Å². The number of carboxylic acids is 1. The Morgan fingerprint density at radius 3 is 2.77 bits per heavy atom. The molecule has 1 unspecified atom stereocenters. The molecular weight excluding hydrogens is 332 g/mol. The summed E-state index contributed by atoms with van der Waals surface area (Å²) in [7, 11) is 0. The smallest absolute Gasteiger partial charge is 0.303 e. The van der Waals surface area contributed by atoms with Crippen molar-refractivity contribution in [3.05, 3.63) is 24.3 Å². The number of hydrogen-bond acceptors (Lipinski definition) is 4. The largest absolute Gasteiger partial charge is 0.481 e. The number of hydrogen-bond donors (Lipinski definition) is 3. The second kappa shape index (κ2) is 10.9. The third-order valence-corrected chi connectivity index (χ3v) is 4.66. The van der Waals surface area contributed by atoms with Crippen LogP contribution in [0.2, 0.25) is 0 Å². The van der Waals surface area contributed by atoms with E-state index >= 15 is 0 Å². The van der Waals surface area contributed by atoms with Crippen molar-refractivity contribution in [2.45, 2.75) is 70.5 Å². The van der Waals surface area contributed by atoms with Gasteiger partial charge in [0.2, 0.25) is 0 Å². The molecule has 5 heteroatoms. The van der Waals surface area contributed by atoms with Gasteiger partial charge < -0.3 is 15.3 Å². The molecule has 0 heterocycles. The highest BCUT2D eigenvalue weighted by molar-refractivity contribution is 5.84. The van der Waals surface area contributed by atoms with E-state index in [-0.39, 0.29) is 30.5 Å². The third-order valence-electron chi connectivity index (χ3n) is 4.66. The number of aliphatic hydroxyl groups is 2. The van der Waals surface area contributed by atoms with E-state index in [9.17, 15) is 19.8 Å². The van der Waals surface area contributed by atoms with Crippen molar-refractivity contribution in [2.75, 3.05) is 0 Å². The lowest BCUT2D eigenvalue weighted by Crippen LogP contribution is -2.23. The van der Waals surface area contributed by atoms with Gasteiger partial charge in [-0.05, 0) is 39.5 Å². The van der Waals surface area contributed by atoms with E-state index in [1.54, 1.807) is 26.0 Å². The van der Waals surface area contributed by atoms with Gasteiger partial charge in [-0.3, -0.25) is 9.59 Å². The van der Waals surface area contributed by atoms with Crippen molar-refractivity contribution in [3.8, 4) is 11.8 Å². The second-order valence-corrected chi connectivity index (χ2v) is 7.06. The lowest BCUT2D eigenvalue weighted by atomic mass is 9.88. The maximum atomic E-state index is 12.2. The lowest BCUT2D eigenvalue weighted by molar-refractivity contribution is -0.137. The van der Waals surface area contributed by atoms with Crippen molar-refractivity contribution in [2.24, 2.45) is 11.8 Å². The van der Waals surface area contributed by atoms with Crippen LogP contribution in [0.1, 0.15) is 58.8 Å². The summed E-state index contributed by atoms with van der Waals surface area (Å²) in [6, 6.07) is 0. The van der Waals surface area contributed by atoms with Gasteiger partial charge in [-0.2, -0.15) is 0 Å². The van der Waals surface area contributed by atoms with Crippen LogP contribution in [0.4, 0.5) is 0 Å². The lowest BCUT2D eigenvalue weighted by Gasteiger charge is -2.21. The van der Waals surface area contributed by atoms with Gasteiger partial charge in [0.1, 0.15) is 5.78 Å². The summed E-state index contributed by atoms with van der Waals surface area (Å²) in [6.45, 7) is 3.45. The fourth-order valence-corrected chi connectivity index (χ4v) is 3.10. The van der Waals surface area contributed by atoms with Crippen LogP contribution in [0.25, 0.3) is 0 Å². The molecule has 4 atom stereocenters. The minimum atomic E-state index is -1.02. The number of rotatable bonds is 10. The van der Waals surface area contributed by atoms with Crippen molar-refractivity contribution >= 4 is 11.8 Å².